The van der Waals surface area contributed by atoms with E-state index in [0.717, 1.165) is 61.8 Å². The van der Waals surface area contributed by atoms with Gasteiger partial charge in [0.15, 0.2) is 0 Å². The zero-order valence-corrected chi connectivity index (χ0v) is 19.7. The van der Waals surface area contributed by atoms with Crippen molar-refractivity contribution in [3.8, 4) is 0 Å². The summed E-state index contributed by atoms with van der Waals surface area (Å²) in [7, 11) is -0.749. The fourth-order valence-electron chi connectivity index (χ4n) is 2.74. The van der Waals surface area contributed by atoms with Crippen LogP contribution in [-0.4, -0.2) is 67.6 Å². The van der Waals surface area contributed by atoms with Crippen LogP contribution in [0.5, 0.6) is 0 Å². The predicted molar refractivity (Wildman–Crippen MR) is 117 cm³/mol. The van der Waals surface area contributed by atoms with Crippen LogP contribution in [0, 0.1) is 10.8 Å². The maximum Gasteiger partial charge on any atom is 0.138 e. The summed E-state index contributed by atoms with van der Waals surface area (Å²) in [6, 6.07) is 0. The Morgan fingerprint density at radius 3 is 1.86 bits per heavy atom. The number of aromatic nitrogens is 8. The van der Waals surface area contributed by atoms with Crippen molar-refractivity contribution in [2.75, 3.05) is 23.0 Å². The highest BCUT2D eigenvalue weighted by atomic mass is 32.2. The van der Waals surface area contributed by atoms with Gasteiger partial charge >= 0.3 is 0 Å². The number of hydrogen-bond donors (Lipinski definition) is 0. The quantitative estimate of drug-likeness (QED) is 0.387. The van der Waals surface area contributed by atoms with E-state index in [1.54, 1.807) is 22.0 Å². The summed E-state index contributed by atoms with van der Waals surface area (Å²) in [4.78, 5) is 0. The van der Waals surface area contributed by atoms with Crippen LogP contribution >= 0.6 is 11.8 Å². The van der Waals surface area contributed by atoms with Crippen molar-refractivity contribution < 1.29 is 4.21 Å². The lowest BCUT2D eigenvalue weighted by Gasteiger charge is -2.24. The number of nitrogens with zero attached hydrogens (tertiary/aromatic N) is 8. The second kappa shape index (κ2) is 11.7. The van der Waals surface area contributed by atoms with Crippen LogP contribution in [0.1, 0.15) is 53.4 Å². The minimum absolute atomic E-state index is 0.137. The molecule has 0 radical (unpaired) electrons. The highest BCUT2D eigenvalue weighted by Crippen LogP contribution is 2.28. The van der Waals surface area contributed by atoms with Crippen LogP contribution in [0.3, 0.4) is 0 Å². The minimum Gasteiger partial charge on any atom is -0.260 e. The molecule has 164 valence electrons. The summed E-state index contributed by atoms with van der Waals surface area (Å²) < 4.78 is 15.9. The predicted octanol–water partition coefficient (Wildman–Crippen LogP) is 2.45. The standard InChI is InChI=1S/C18H34N8OS2/c1-17(2,5-9-25-15-19-21-23-25)7-11-28-12-14-29(27)13-8-18(3,4)6-10-26-16-20-22-24-26/h15-16H,5-14H2,1-4H3. The van der Waals surface area contributed by atoms with Gasteiger partial charge in [-0.15, -0.1) is 10.2 Å². The van der Waals surface area contributed by atoms with E-state index in [0.29, 0.717) is 0 Å². The van der Waals surface area contributed by atoms with E-state index in [2.05, 4.69) is 58.7 Å². The Bertz CT molecular complexity index is 704. The molecule has 2 rings (SSSR count). The van der Waals surface area contributed by atoms with E-state index in [1.165, 1.54) is 0 Å². The molecular formula is C18H34N8OS2. The minimum atomic E-state index is -0.749. The largest absolute Gasteiger partial charge is 0.260 e. The fourth-order valence-corrected chi connectivity index (χ4v) is 5.84. The van der Waals surface area contributed by atoms with Gasteiger partial charge in [-0.1, -0.05) is 27.7 Å². The molecule has 2 aromatic rings. The van der Waals surface area contributed by atoms with Crippen molar-refractivity contribution in [1.29, 1.82) is 0 Å². The van der Waals surface area contributed by atoms with E-state index >= 15 is 0 Å². The molecule has 0 aliphatic carbocycles. The Labute approximate surface area is 180 Å². The van der Waals surface area contributed by atoms with Gasteiger partial charge in [-0.05, 0) is 63.1 Å². The highest BCUT2D eigenvalue weighted by Gasteiger charge is 2.20. The van der Waals surface area contributed by atoms with Crippen LogP contribution in [0.25, 0.3) is 0 Å². The number of thioether (sulfide) groups is 1. The maximum atomic E-state index is 12.4. The normalized spacial score (nSPS) is 13.7. The molecule has 1 atom stereocenters. The summed E-state index contributed by atoms with van der Waals surface area (Å²) in [5, 5.41) is 22.5. The van der Waals surface area contributed by atoms with Gasteiger partial charge in [-0.2, -0.15) is 11.8 Å². The van der Waals surface area contributed by atoms with Crippen molar-refractivity contribution in [3.05, 3.63) is 12.7 Å². The van der Waals surface area contributed by atoms with E-state index in [4.69, 9.17) is 0 Å². The summed E-state index contributed by atoms with van der Waals surface area (Å²) >= 11 is 1.91. The van der Waals surface area contributed by atoms with Crippen molar-refractivity contribution in [2.45, 2.75) is 66.5 Å². The zero-order valence-electron chi connectivity index (χ0n) is 18.0. The molecule has 0 saturated heterocycles. The van der Waals surface area contributed by atoms with E-state index in [-0.39, 0.29) is 10.8 Å². The lowest BCUT2D eigenvalue weighted by molar-refractivity contribution is 0.295. The van der Waals surface area contributed by atoms with Gasteiger partial charge in [0, 0.05) is 41.1 Å². The van der Waals surface area contributed by atoms with Crippen LogP contribution in [-0.2, 0) is 23.9 Å². The van der Waals surface area contributed by atoms with Crippen molar-refractivity contribution in [1.82, 2.24) is 40.4 Å². The molecule has 0 fully saturated rings. The van der Waals surface area contributed by atoms with Crippen LogP contribution in [0.4, 0.5) is 0 Å². The molecule has 2 aromatic heterocycles. The molecule has 0 N–H and O–H groups in total. The summed E-state index contributed by atoms with van der Waals surface area (Å²) in [6.45, 7) is 10.7. The lowest BCUT2D eigenvalue weighted by atomic mass is 9.86. The van der Waals surface area contributed by atoms with Crippen molar-refractivity contribution in [3.63, 3.8) is 0 Å². The Kier molecular flexibility index (Phi) is 9.67. The summed E-state index contributed by atoms with van der Waals surface area (Å²) in [5.41, 5.74) is 0.389. The van der Waals surface area contributed by atoms with Gasteiger partial charge in [0.25, 0.3) is 0 Å². The molecule has 0 amide bonds. The van der Waals surface area contributed by atoms with E-state index in [9.17, 15) is 4.21 Å². The average molecular weight is 443 g/mol. The maximum absolute atomic E-state index is 12.4. The van der Waals surface area contributed by atoms with Gasteiger partial charge in [0.05, 0.1) is 0 Å². The number of hydrogen-bond acceptors (Lipinski definition) is 8. The van der Waals surface area contributed by atoms with Gasteiger partial charge in [-0.25, -0.2) is 9.36 Å². The third-order valence-electron chi connectivity index (χ3n) is 5.20. The van der Waals surface area contributed by atoms with E-state index < -0.39 is 10.8 Å². The number of tetrazole rings is 2. The van der Waals surface area contributed by atoms with Crippen LogP contribution < -0.4 is 0 Å². The molecule has 11 heteroatoms. The molecule has 1 unspecified atom stereocenters. The first-order valence-corrected chi connectivity index (χ1v) is 12.7. The Morgan fingerprint density at radius 1 is 0.793 bits per heavy atom. The highest BCUT2D eigenvalue weighted by molar-refractivity contribution is 8.00. The van der Waals surface area contributed by atoms with Crippen LogP contribution in [0.15, 0.2) is 12.7 Å². The van der Waals surface area contributed by atoms with Crippen LogP contribution in [0.2, 0.25) is 0 Å². The second-order valence-electron chi connectivity index (χ2n) is 8.93. The summed E-state index contributed by atoms with van der Waals surface area (Å²) in [5.74, 6) is 3.59. The Balaban J connectivity index is 1.52. The second-order valence-corrected chi connectivity index (χ2v) is 11.9. The molecule has 9 nitrogen and oxygen atoms in total. The topological polar surface area (TPSA) is 104 Å². The monoisotopic (exact) mass is 442 g/mol. The molecule has 0 aromatic carbocycles. The average Bonchev–Trinajstić information content (AvgIpc) is 3.37. The Hall–Kier alpha value is -1.36. The van der Waals surface area contributed by atoms with Gasteiger partial charge < -0.3 is 0 Å². The van der Waals surface area contributed by atoms with Gasteiger partial charge in [0.2, 0.25) is 0 Å². The first-order chi connectivity index (χ1) is 13.8. The molecule has 2 heterocycles. The SMILES string of the molecule is CC(C)(CCSCCS(=O)CCC(C)(C)CCn1cnnn1)CCn1cnnn1. The molecule has 0 bridgehead atoms. The third-order valence-corrected chi connectivity index (χ3v) is 7.77. The van der Waals surface area contributed by atoms with Crippen molar-refractivity contribution in [2.24, 2.45) is 10.8 Å². The molecule has 0 aliphatic rings. The first-order valence-electron chi connectivity index (χ1n) is 10.1. The Morgan fingerprint density at radius 2 is 1.34 bits per heavy atom. The van der Waals surface area contributed by atoms with Crippen molar-refractivity contribution >= 4 is 22.6 Å². The zero-order chi connectivity index (χ0) is 21.2. The first kappa shape index (κ1) is 23.9. The lowest BCUT2D eigenvalue weighted by Crippen LogP contribution is -2.19. The molecule has 0 spiro atoms. The van der Waals surface area contributed by atoms with Gasteiger partial charge in [-0.3, -0.25) is 4.21 Å². The molecule has 0 aliphatic heterocycles. The summed E-state index contributed by atoms with van der Waals surface area (Å²) in [6.07, 6.45) is 7.41. The van der Waals surface area contributed by atoms with Gasteiger partial charge in [0.1, 0.15) is 12.7 Å². The molecule has 29 heavy (non-hydrogen) atoms. The van der Waals surface area contributed by atoms with E-state index in [1.807, 2.05) is 11.8 Å². The molecular weight excluding hydrogens is 408 g/mol. The third kappa shape index (κ3) is 10.3. The number of aryl methyl sites for hydroxylation is 2. The molecule has 0 saturated carbocycles. The number of rotatable bonds is 15. The fraction of sp³-hybridized carbons (Fsp3) is 0.889. The smallest absolute Gasteiger partial charge is 0.138 e.